The van der Waals surface area contributed by atoms with Crippen LogP contribution in [0.25, 0.3) is 17.1 Å². The van der Waals surface area contributed by atoms with Crippen molar-refractivity contribution in [3.8, 4) is 51.6 Å². The predicted molar refractivity (Wildman–Crippen MR) is 251 cm³/mol. The molecule has 0 saturated carbocycles. The summed E-state index contributed by atoms with van der Waals surface area (Å²) in [6.45, 7) is 13.6. The first-order valence-corrected chi connectivity index (χ1v) is 20.9. The number of nitrogens with zero attached hydrogens (tertiary/aromatic N) is 4. The van der Waals surface area contributed by atoms with Gasteiger partial charge in [-0.15, -0.1) is 0 Å². The van der Waals surface area contributed by atoms with E-state index in [9.17, 15) is 25.2 Å². The minimum atomic E-state index is -0.332. The first-order chi connectivity index (χ1) is 28.9. The van der Waals surface area contributed by atoms with E-state index in [1.807, 2.05) is 78.2 Å². The lowest BCUT2D eigenvalue weighted by Gasteiger charge is -2.22. The number of hydrogen-bond donors (Lipinski definition) is 7. The smallest absolute Gasteiger partial charge is 0.200 e. The van der Waals surface area contributed by atoms with Crippen molar-refractivity contribution >= 4 is 52.4 Å². The highest BCUT2D eigenvalue weighted by molar-refractivity contribution is 7.80. The second-order valence-electron chi connectivity index (χ2n) is 15.2. The highest BCUT2D eigenvalue weighted by atomic mass is 32.1. The SMILES string of the molecule is CCCN(C)c1cc(-n2c(-c3cc(C(C)C)c(O)cc3O)n[nH]c2=S)ccc1OC.CCCN(C)c1cc(NC(=S)NCC(=O)c2cc(C(C)C)c(O)cc2O)ccc1OC. The quantitative estimate of drug-likeness (QED) is 0.0368. The lowest BCUT2D eigenvalue weighted by molar-refractivity contribution is 0.0994. The highest BCUT2D eigenvalue weighted by Gasteiger charge is 2.21. The fourth-order valence-corrected chi connectivity index (χ4v) is 7.18. The van der Waals surface area contributed by atoms with Crippen molar-refractivity contribution in [3.05, 3.63) is 82.1 Å². The fraction of sp³-hybridized carbons (Fsp3) is 0.378. The summed E-state index contributed by atoms with van der Waals surface area (Å²) in [6.07, 6.45) is 2.00. The van der Waals surface area contributed by atoms with E-state index < -0.39 is 0 Å². The first-order valence-electron chi connectivity index (χ1n) is 20.1. The number of rotatable bonds is 16. The van der Waals surface area contributed by atoms with Crippen LogP contribution in [0.4, 0.5) is 17.1 Å². The van der Waals surface area contributed by atoms with Gasteiger partial charge in [0.2, 0.25) is 0 Å². The summed E-state index contributed by atoms with van der Waals surface area (Å²) in [4.78, 5) is 16.8. The molecule has 1 aromatic heterocycles. The molecular weight excluding hydrogens is 815 g/mol. The summed E-state index contributed by atoms with van der Waals surface area (Å²) < 4.78 is 13.2. The van der Waals surface area contributed by atoms with Crippen LogP contribution in [0.2, 0.25) is 0 Å². The number of aromatic nitrogens is 3. The number of ketones is 1. The van der Waals surface area contributed by atoms with Gasteiger partial charge in [-0.25, -0.2) is 0 Å². The van der Waals surface area contributed by atoms with Crippen molar-refractivity contribution in [1.29, 1.82) is 0 Å². The molecule has 0 spiro atoms. The molecule has 0 aliphatic carbocycles. The number of anilines is 3. The molecule has 4 aromatic carbocycles. The van der Waals surface area contributed by atoms with Crippen molar-refractivity contribution in [2.75, 3.05) is 63.1 Å². The Morgan fingerprint density at radius 2 is 1.33 bits per heavy atom. The van der Waals surface area contributed by atoms with Crippen LogP contribution in [-0.2, 0) is 0 Å². The average Bonchev–Trinajstić information content (AvgIpc) is 3.60. The minimum Gasteiger partial charge on any atom is -0.508 e. The summed E-state index contributed by atoms with van der Waals surface area (Å²) in [5.74, 6) is 1.45. The van der Waals surface area contributed by atoms with Crippen LogP contribution < -0.4 is 29.9 Å². The Morgan fingerprint density at radius 3 is 1.89 bits per heavy atom. The largest absolute Gasteiger partial charge is 0.508 e. The molecule has 0 amide bonds. The highest BCUT2D eigenvalue weighted by Crippen LogP contribution is 2.39. The molecule has 14 nitrogen and oxygen atoms in total. The molecule has 0 unspecified atom stereocenters. The Morgan fingerprint density at radius 1 is 0.787 bits per heavy atom. The van der Waals surface area contributed by atoms with E-state index in [2.05, 4.69) is 44.5 Å². The van der Waals surface area contributed by atoms with Crippen LogP contribution in [0.15, 0.2) is 60.7 Å². The second-order valence-corrected chi connectivity index (χ2v) is 16.0. The molecule has 0 atom stereocenters. The molecule has 1 heterocycles. The summed E-state index contributed by atoms with van der Waals surface area (Å²) in [5.41, 5.74) is 5.38. The van der Waals surface area contributed by atoms with Crippen LogP contribution in [-0.4, -0.2) is 94.0 Å². The van der Waals surface area contributed by atoms with Gasteiger partial charge in [-0.3, -0.25) is 14.5 Å². The fourth-order valence-electron chi connectivity index (χ4n) is 6.76. The average molecular weight is 874 g/mol. The molecule has 5 aromatic rings. The minimum absolute atomic E-state index is 0.0120. The normalized spacial score (nSPS) is 10.9. The zero-order valence-corrected chi connectivity index (χ0v) is 38.2. The number of aromatic amines is 1. The van der Waals surface area contributed by atoms with Gasteiger partial charge in [-0.05, 0) is 109 Å². The maximum absolute atomic E-state index is 12.6. The van der Waals surface area contributed by atoms with Crippen molar-refractivity contribution in [3.63, 3.8) is 0 Å². The van der Waals surface area contributed by atoms with E-state index in [-0.39, 0.29) is 57.8 Å². The van der Waals surface area contributed by atoms with E-state index in [4.69, 9.17) is 33.9 Å². The van der Waals surface area contributed by atoms with E-state index in [0.717, 1.165) is 65.7 Å². The Hall–Kier alpha value is -6.00. The van der Waals surface area contributed by atoms with Gasteiger partial charge >= 0.3 is 0 Å². The van der Waals surface area contributed by atoms with Crippen LogP contribution in [0.3, 0.4) is 0 Å². The van der Waals surface area contributed by atoms with Crippen LogP contribution in [0.1, 0.15) is 87.7 Å². The lowest BCUT2D eigenvalue weighted by atomic mass is 9.97. The number of phenols is 4. The number of methoxy groups -OCH3 is 2. The van der Waals surface area contributed by atoms with Gasteiger partial charge in [-0.1, -0.05) is 41.5 Å². The molecule has 0 aliphatic heterocycles. The Balaban J connectivity index is 0.000000269. The molecular formula is C45H59N7O7S2. The van der Waals surface area contributed by atoms with Gasteiger partial charge < -0.3 is 50.3 Å². The summed E-state index contributed by atoms with van der Waals surface area (Å²) >= 11 is 10.8. The topological polar surface area (TPSA) is 181 Å². The Labute approximate surface area is 368 Å². The van der Waals surface area contributed by atoms with Crippen molar-refractivity contribution in [1.82, 2.24) is 20.1 Å². The van der Waals surface area contributed by atoms with Gasteiger partial charge in [0, 0.05) is 45.0 Å². The number of thiocarbonyl (C=S) groups is 1. The molecule has 16 heteroatoms. The molecule has 0 aliphatic rings. The molecule has 0 radical (unpaired) electrons. The third-order valence-electron chi connectivity index (χ3n) is 9.96. The number of benzene rings is 4. The molecule has 0 saturated heterocycles. The van der Waals surface area contributed by atoms with Gasteiger partial charge in [-0.2, -0.15) is 5.10 Å². The van der Waals surface area contributed by atoms with Gasteiger partial charge in [0.25, 0.3) is 0 Å². The predicted octanol–water partition coefficient (Wildman–Crippen LogP) is 9.23. The van der Waals surface area contributed by atoms with E-state index in [0.29, 0.717) is 21.7 Å². The summed E-state index contributed by atoms with van der Waals surface area (Å²) in [7, 11) is 7.29. The van der Waals surface area contributed by atoms with Crippen LogP contribution >= 0.6 is 24.4 Å². The van der Waals surface area contributed by atoms with Crippen LogP contribution in [0, 0.1) is 4.77 Å². The van der Waals surface area contributed by atoms with Gasteiger partial charge in [0.15, 0.2) is 21.5 Å². The number of phenolic OH excluding ortho intramolecular Hbond substituents is 4. The van der Waals surface area contributed by atoms with Gasteiger partial charge in [0.05, 0.1) is 49.0 Å². The zero-order valence-electron chi connectivity index (χ0n) is 36.6. The number of hydrogen-bond acceptors (Lipinski definition) is 12. The standard InChI is InChI=1S/C23H31N3O4S.C22H28N4O3S/c1-6-9-26(4)18-10-15(7-8-22(18)30-5)25-23(31)24-13-21(29)17-11-16(14(2)3)19(27)12-20(17)28;1-6-9-25(4)17-10-14(7-8-20(17)29-5)26-21(23-24-22(26)30)16-11-15(13(2)3)18(27)12-19(16)28/h7-8,10-12,14,27-28H,6,9,13H2,1-5H3,(H2,24,25,31);7-8,10-13,27-28H,6,9H2,1-5H3,(H,24,30). The summed E-state index contributed by atoms with van der Waals surface area (Å²) in [6, 6.07) is 17.3. The summed E-state index contributed by atoms with van der Waals surface area (Å²) in [5, 5.41) is 54.2. The van der Waals surface area contributed by atoms with Crippen molar-refractivity contribution in [2.24, 2.45) is 0 Å². The molecule has 7 N–H and O–H groups in total. The van der Waals surface area contributed by atoms with E-state index >= 15 is 0 Å². The number of ether oxygens (including phenoxy) is 2. The number of carbonyl (C=O) groups is 1. The third-order valence-corrected chi connectivity index (χ3v) is 10.5. The maximum Gasteiger partial charge on any atom is 0.200 e. The lowest BCUT2D eigenvalue weighted by Crippen LogP contribution is -2.33. The molecule has 0 fully saturated rings. The number of carbonyl (C=O) groups excluding carboxylic acids is 1. The molecule has 5 rings (SSSR count). The molecule has 328 valence electrons. The number of H-pyrrole nitrogens is 1. The second kappa shape index (κ2) is 21.5. The zero-order chi connectivity index (χ0) is 45.1. The van der Waals surface area contributed by atoms with E-state index in [1.165, 1.54) is 18.2 Å². The monoisotopic (exact) mass is 873 g/mol. The number of nitrogens with one attached hydrogen (secondary N) is 3. The maximum atomic E-state index is 12.6. The van der Waals surface area contributed by atoms with Gasteiger partial charge in [0.1, 0.15) is 34.5 Å². The number of aromatic hydroxyl groups is 4. The number of Topliss-reactive ketones (excluding diaryl/α,β-unsaturated/α-hetero) is 1. The first kappa shape index (κ1) is 47.7. The Bertz CT molecular complexity index is 2380. The Kier molecular flexibility index (Phi) is 16.8. The molecule has 61 heavy (non-hydrogen) atoms. The van der Waals surface area contributed by atoms with Crippen LogP contribution in [0.5, 0.6) is 34.5 Å². The third kappa shape index (κ3) is 11.6. The van der Waals surface area contributed by atoms with Crippen molar-refractivity contribution < 1.29 is 34.7 Å². The van der Waals surface area contributed by atoms with Crippen molar-refractivity contribution in [2.45, 2.75) is 66.2 Å². The van der Waals surface area contributed by atoms with E-state index in [1.54, 1.807) is 24.9 Å². The molecule has 0 bridgehead atoms.